The summed E-state index contributed by atoms with van der Waals surface area (Å²) < 4.78 is 5.66. The van der Waals surface area contributed by atoms with Crippen LogP contribution in [0, 0.1) is 0 Å². The van der Waals surface area contributed by atoms with Crippen molar-refractivity contribution < 1.29 is 14.3 Å². The Bertz CT molecular complexity index is 932. The van der Waals surface area contributed by atoms with Crippen molar-refractivity contribution in [1.82, 2.24) is 9.80 Å². The fraction of sp³-hybridized carbons (Fsp3) is 0.364. The monoisotopic (exact) mass is 479 g/mol. The number of carbonyl (C=O) groups excluding carboxylic acids is 2. The van der Waals surface area contributed by atoms with E-state index < -0.39 is 0 Å². The van der Waals surface area contributed by atoms with Gasteiger partial charge in [-0.15, -0.1) is 11.8 Å². The summed E-state index contributed by atoms with van der Waals surface area (Å²) in [4.78, 5) is 29.0. The number of carbonyl (C=O) groups is 2. The molecule has 4 rings (SSSR count). The molecule has 1 N–H and O–H groups in total. The average Bonchev–Trinajstić information content (AvgIpc) is 3.18. The van der Waals surface area contributed by atoms with Crippen LogP contribution in [0.4, 0.5) is 10.5 Å². The van der Waals surface area contributed by atoms with Gasteiger partial charge in [-0.1, -0.05) is 23.2 Å². The summed E-state index contributed by atoms with van der Waals surface area (Å²) in [6, 6.07) is 13.9. The minimum Gasteiger partial charge on any atom is -0.484 e. The van der Waals surface area contributed by atoms with Gasteiger partial charge in [0.05, 0.1) is 4.87 Å². The summed E-state index contributed by atoms with van der Waals surface area (Å²) in [6.45, 7) is 1.87. The molecule has 2 fully saturated rings. The lowest BCUT2D eigenvalue weighted by atomic mass is 10.0. The van der Waals surface area contributed by atoms with Crippen LogP contribution in [0.5, 0.6) is 5.75 Å². The molecule has 0 atom stereocenters. The lowest BCUT2D eigenvalue weighted by Crippen LogP contribution is -2.55. The van der Waals surface area contributed by atoms with E-state index in [0.29, 0.717) is 41.1 Å². The number of rotatable bonds is 4. The van der Waals surface area contributed by atoms with E-state index in [1.54, 1.807) is 65.2 Å². The van der Waals surface area contributed by atoms with E-state index >= 15 is 0 Å². The molecule has 0 bridgehead atoms. The van der Waals surface area contributed by atoms with Crippen LogP contribution < -0.4 is 10.1 Å². The molecule has 0 unspecified atom stereocenters. The summed E-state index contributed by atoms with van der Waals surface area (Å²) in [7, 11) is 0. The number of nitrogens with zero attached hydrogens (tertiary/aromatic N) is 2. The third-order valence-electron chi connectivity index (χ3n) is 5.58. The quantitative estimate of drug-likeness (QED) is 0.671. The van der Waals surface area contributed by atoms with Gasteiger partial charge in [0.15, 0.2) is 6.61 Å². The van der Waals surface area contributed by atoms with E-state index in [0.717, 1.165) is 18.6 Å². The van der Waals surface area contributed by atoms with Crippen LogP contribution in [-0.2, 0) is 4.79 Å². The van der Waals surface area contributed by atoms with Gasteiger partial charge in [-0.3, -0.25) is 4.79 Å². The first-order chi connectivity index (χ1) is 14.9. The molecule has 2 aliphatic heterocycles. The predicted molar refractivity (Wildman–Crippen MR) is 125 cm³/mol. The van der Waals surface area contributed by atoms with E-state index in [1.807, 2.05) is 4.90 Å². The van der Waals surface area contributed by atoms with Gasteiger partial charge in [0, 0.05) is 41.1 Å². The van der Waals surface area contributed by atoms with Gasteiger partial charge in [-0.2, -0.15) is 0 Å². The Labute approximate surface area is 195 Å². The third kappa shape index (κ3) is 5.22. The number of amides is 3. The molecule has 2 aromatic carbocycles. The number of ether oxygens (including phenoxy) is 1. The fourth-order valence-electron chi connectivity index (χ4n) is 3.92. The van der Waals surface area contributed by atoms with Crippen molar-refractivity contribution in [3.05, 3.63) is 58.6 Å². The largest absolute Gasteiger partial charge is 0.484 e. The highest BCUT2D eigenvalue weighted by atomic mass is 35.5. The summed E-state index contributed by atoms with van der Waals surface area (Å²) in [5.41, 5.74) is 0.709. The van der Waals surface area contributed by atoms with Crippen molar-refractivity contribution in [2.24, 2.45) is 0 Å². The standard InChI is InChI=1S/C22H23Cl2N3O3S/c23-16-1-5-18(6-2-16)25-21(29)26-11-9-22(10-12-26)27(13-14-31-22)20(28)15-30-19-7-3-17(24)4-8-19/h1-8H,9-15H2,(H,25,29). The van der Waals surface area contributed by atoms with E-state index in [1.165, 1.54) is 0 Å². The fourth-order valence-corrected chi connectivity index (χ4v) is 5.65. The van der Waals surface area contributed by atoms with Gasteiger partial charge < -0.3 is 19.9 Å². The molecule has 9 heteroatoms. The zero-order valence-corrected chi connectivity index (χ0v) is 19.2. The van der Waals surface area contributed by atoms with E-state index in [4.69, 9.17) is 27.9 Å². The number of piperidine rings is 1. The second-order valence-electron chi connectivity index (χ2n) is 7.51. The predicted octanol–water partition coefficient (Wildman–Crippen LogP) is 4.97. The number of urea groups is 1. The van der Waals surface area contributed by atoms with Gasteiger partial charge in [0.25, 0.3) is 5.91 Å². The normalized spacial score (nSPS) is 17.6. The molecule has 31 heavy (non-hydrogen) atoms. The van der Waals surface area contributed by atoms with Crippen LogP contribution in [0.2, 0.25) is 10.0 Å². The SMILES string of the molecule is O=C(Nc1ccc(Cl)cc1)N1CCC2(CC1)SCCN2C(=O)COc1ccc(Cl)cc1. The third-order valence-corrected chi connectivity index (χ3v) is 7.64. The van der Waals surface area contributed by atoms with Crippen LogP contribution >= 0.6 is 35.0 Å². The Morgan fingerprint density at radius 2 is 1.58 bits per heavy atom. The number of hydrogen-bond donors (Lipinski definition) is 1. The van der Waals surface area contributed by atoms with Gasteiger partial charge >= 0.3 is 6.03 Å². The summed E-state index contributed by atoms with van der Waals surface area (Å²) in [5.74, 6) is 1.48. The van der Waals surface area contributed by atoms with Crippen molar-refractivity contribution in [1.29, 1.82) is 0 Å². The maximum absolute atomic E-state index is 12.9. The smallest absolute Gasteiger partial charge is 0.321 e. The lowest BCUT2D eigenvalue weighted by molar-refractivity contribution is -0.136. The number of nitrogens with one attached hydrogen (secondary N) is 1. The molecule has 2 aliphatic rings. The van der Waals surface area contributed by atoms with Crippen molar-refractivity contribution in [3.63, 3.8) is 0 Å². The van der Waals surface area contributed by atoms with Crippen LogP contribution in [0.15, 0.2) is 48.5 Å². The second-order valence-corrected chi connectivity index (χ2v) is 9.84. The number of anilines is 1. The highest BCUT2D eigenvalue weighted by Gasteiger charge is 2.46. The van der Waals surface area contributed by atoms with Crippen molar-refractivity contribution >= 4 is 52.6 Å². The summed E-state index contributed by atoms with van der Waals surface area (Å²) in [6.07, 6.45) is 1.47. The molecule has 0 aliphatic carbocycles. The lowest BCUT2D eigenvalue weighted by Gasteiger charge is -2.43. The maximum atomic E-state index is 12.9. The van der Waals surface area contributed by atoms with Crippen molar-refractivity contribution in [2.45, 2.75) is 17.7 Å². The van der Waals surface area contributed by atoms with Crippen molar-refractivity contribution in [2.75, 3.05) is 37.3 Å². The number of likely N-dealkylation sites (tertiary alicyclic amines) is 1. The Morgan fingerprint density at radius 3 is 2.23 bits per heavy atom. The number of hydrogen-bond acceptors (Lipinski definition) is 4. The van der Waals surface area contributed by atoms with Crippen LogP contribution in [0.25, 0.3) is 0 Å². The van der Waals surface area contributed by atoms with E-state index in [9.17, 15) is 9.59 Å². The van der Waals surface area contributed by atoms with Crippen LogP contribution in [-0.4, -0.2) is 58.6 Å². The van der Waals surface area contributed by atoms with E-state index in [2.05, 4.69) is 5.32 Å². The van der Waals surface area contributed by atoms with Gasteiger partial charge in [-0.25, -0.2) is 4.79 Å². The zero-order chi connectivity index (χ0) is 21.8. The summed E-state index contributed by atoms with van der Waals surface area (Å²) >= 11 is 13.6. The Balaban J connectivity index is 1.31. The molecule has 2 heterocycles. The van der Waals surface area contributed by atoms with Gasteiger partial charge in [-0.05, 0) is 61.4 Å². The first-order valence-electron chi connectivity index (χ1n) is 10.1. The molecule has 1 spiro atoms. The van der Waals surface area contributed by atoms with E-state index in [-0.39, 0.29) is 23.4 Å². The highest BCUT2D eigenvalue weighted by Crippen LogP contribution is 2.44. The molecule has 3 amide bonds. The van der Waals surface area contributed by atoms with Crippen LogP contribution in [0.1, 0.15) is 12.8 Å². The average molecular weight is 480 g/mol. The van der Waals surface area contributed by atoms with Gasteiger partial charge in [0.2, 0.25) is 0 Å². The number of benzene rings is 2. The minimum atomic E-state index is -0.266. The molecular formula is C22H23Cl2N3O3S. The molecule has 0 aromatic heterocycles. The van der Waals surface area contributed by atoms with Gasteiger partial charge in [0.1, 0.15) is 5.75 Å². The zero-order valence-electron chi connectivity index (χ0n) is 16.9. The Morgan fingerprint density at radius 1 is 0.968 bits per heavy atom. The van der Waals surface area contributed by atoms with Crippen LogP contribution in [0.3, 0.4) is 0 Å². The topological polar surface area (TPSA) is 61.9 Å². The Kier molecular flexibility index (Phi) is 6.84. The molecule has 164 valence electrons. The Hall–Kier alpha value is -2.09. The first-order valence-corrected chi connectivity index (χ1v) is 11.8. The minimum absolute atomic E-state index is 0.00922. The first kappa shape index (κ1) is 22.1. The number of thioether (sulfide) groups is 1. The second kappa shape index (κ2) is 9.59. The molecular weight excluding hydrogens is 457 g/mol. The summed E-state index contributed by atoms with van der Waals surface area (Å²) in [5, 5.41) is 4.16. The molecule has 6 nitrogen and oxygen atoms in total. The highest BCUT2D eigenvalue weighted by molar-refractivity contribution is 8.00. The maximum Gasteiger partial charge on any atom is 0.321 e. The molecule has 2 aromatic rings. The molecule has 2 saturated heterocycles. The molecule has 0 saturated carbocycles. The van der Waals surface area contributed by atoms with Crippen molar-refractivity contribution in [3.8, 4) is 5.75 Å². The molecule has 0 radical (unpaired) electrons. The number of halogens is 2.